The summed E-state index contributed by atoms with van der Waals surface area (Å²) in [7, 11) is 0. The standard InChI is InChI=1S/C15H15BrN2O2/c1-11-9-13(16)14(10-15(11)18(19)20)17-8-7-12-5-3-2-4-6-12/h2-6,9-10,17H,7-8H2,1H3. The largest absolute Gasteiger partial charge is 0.384 e. The fourth-order valence-corrected chi connectivity index (χ4v) is 2.58. The van der Waals surface area contributed by atoms with E-state index in [0.717, 1.165) is 23.1 Å². The van der Waals surface area contributed by atoms with Gasteiger partial charge in [0.15, 0.2) is 0 Å². The highest BCUT2D eigenvalue weighted by atomic mass is 79.9. The van der Waals surface area contributed by atoms with E-state index in [2.05, 4.69) is 33.4 Å². The van der Waals surface area contributed by atoms with Crippen LogP contribution >= 0.6 is 15.9 Å². The SMILES string of the molecule is Cc1cc(Br)c(NCCc2ccccc2)cc1[N+](=O)[O-]. The molecule has 0 atom stereocenters. The van der Waals surface area contributed by atoms with E-state index in [9.17, 15) is 10.1 Å². The van der Waals surface area contributed by atoms with Crippen LogP contribution in [0.4, 0.5) is 11.4 Å². The van der Waals surface area contributed by atoms with Gasteiger partial charge in [-0.1, -0.05) is 30.3 Å². The smallest absolute Gasteiger partial charge is 0.274 e. The average molecular weight is 335 g/mol. The third kappa shape index (κ3) is 3.57. The molecule has 0 radical (unpaired) electrons. The fraction of sp³-hybridized carbons (Fsp3) is 0.200. The summed E-state index contributed by atoms with van der Waals surface area (Å²) in [6, 6.07) is 13.5. The van der Waals surface area contributed by atoms with Gasteiger partial charge in [0.25, 0.3) is 5.69 Å². The van der Waals surface area contributed by atoms with Crippen LogP contribution in [0, 0.1) is 17.0 Å². The molecule has 2 rings (SSSR count). The summed E-state index contributed by atoms with van der Waals surface area (Å²) < 4.78 is 0.841. The summed E-state index contributed by atoms with van der Waals surface area (Å²) in [5, 5.41) is 14.2. The average Bonchev–Trinajstić information content (AvgIpc) is 2.42. The van der Waals surface area contributed by atoms with Crippen LogP contribution in [0.2, 0.25) is 0 Å². The second-order valence-corrected chi connectivity index (χ2v) is 5.39. The zero-order chi connectivity index (χ0) is 14.5. The number of anilines is 1. The summed E-state index contributed by atoms with van der Waals surface area (Å²) in [4.78, 5) is 10.6. The molecule has 0 bridgehead atoms. The van der Waals surface area contributed by atoms with E-state index in [-0.39, 0.29) is 10.6 Å². The van der Waals surface area contributed by atoms with Crippen LogP contribution in [0.1, 0.15) is 11.1 Å². The first-order valence-electron chi connectivity index (χ1n) is 6.30. The molecule has 0 aliphatic rings. The minimum atomic E-state index is -0.357. The van der Waals surface area contributed by atoms with E-state index in [4.69, 9.17) is 0 Å². The number of rotatable bonds is 5. The van der Waals surface area contributed by atoms with Crippen LogP contribution in [-0.2, 0) is 6.42 Å². The molecule has 0 amide bonds. The maximum Gasteiger partial charge on any atom is 0.274 e. The minimum absolute atomic E-state index is 0.135. The first-order valence-corrected chi connectivity index (χ1v) is 7.09. The van der Waals surface area contributed by atoms with Crippen molar-refractivity contribution in [3.63, 3.8) is 0 Å². The number of halogens is 1. The van der Waals surface area contributed by atoms with Crippen molar-refractivity contribution in [1.82, 2.24) is 0 Å². The summed E-state index contributed by atoms with van der Waals surface area (Å²) >= 11 is 3.43. The van der Waals surface area contributed by atoms with Crippen molar-refractivity contribution in [3.05, 3.63) is 68.2 Å². The molecule has 4 nitrogen and oxygen atoms in total. The third-order valence-corrected chi connectivity index (χ3v) is 3.71. The number of nitrogens with one attached hydrogen (secondary N) is 1. The van der Waals surface area contributed by atoms with Crippen LogP contribution in [0.25, 0.3) is 0 Å². The lowest BCUT2D eigenvalue weighted by Crippen LogP contribution is -2.06. The molecular weight excluding hydrogens is 320 g/mol. The number of aryl methyl sites for hydroxylation is 1. The van der Waals surface area contributed by atoms with Crippen LogP contribution in [0.15, 0.2) is 46.9 Å². The van der Waals surface area contributed by atoms with Gasteiger partial charge in [-0.05, 0) is 40.9 Å². The van der Waals surface area contributed by atoms with Crippen LogP contribution in [-0.4, -0.2) is 11.5 Å². The molecule has 0 aromatic heterocycles. The van der Waals surface area contributed by atoms with E-state index in [1.165, 1.54) is 5.56 Å². The zero-order valence-corrected chi connectivity index (χ0v) is 12.7. The Kier molecular flexibility index (Phi) is 4.74. The molecule has 5 heteroatoms. The summed E-state index contributed by atoms with van der Waals surface area (Å²) in [5.41, 5.74) is 2.77. The second kappa shape index (κ2) is 6.52. The Balaban J connectivity index is 2.06. The predicted octanol–water partition coefficient (Wildman–Crippen LogP) is 4.32. The van der Waals surface area contributed by atoms with Crippen molar-refractivity contribution in [2.75, 3.05) is 11.9 Å². The molecule has 0 spiro atoms. The van der Waals surface area contributed by atoms with E-state index in [0.29, 0.717) is 5.56 Å². The minimum Gasteiger partial charge on any atom is -0.384 e. The highest BCUT2D eigenvalue weighted by molar-refractivity contribution is 9.10. The Morgan fingerprint density at radius 1 is 1.25 bits per heavy atom. The van der Waals surface area contributed by atoms with Gasteiger partial charge in [0.05, 0.1) is 10.6 Å². The van der Waals surface area contributed by atoms with Crippen molar-refractivity contribution >= 4 is 27.3 Å². The van der Waals surface area contributed by atoms with E-state index in [1.54, 1.807) is 19.1 Å². The Labute approximate surface area is 126 Å². The summed E-state index contributed by atoms with van der Waals surface area (Å²) in [6.07, 6.45) is 0.870. The van der Waals surface area contributed by atoms with Gasteiger partial charge in [-0.3, -0.25) is 10.1 Å². The zero-order valence-electron chi connectivity index (χ0n) is 11.1. The number of nitro groups is 1. The number of benzene rings is 2. The van der Waals surface area contributed by atoms with Crippen molar-refractivity contribution in [2.45, 2.75) is 13.3 Å². The van der Waals surface area contributed by atoms with Gasteiger partial charge in [-0.15, -0.1) is 0 Å². The number of hydrogen-bond donors (Lipinski definition) is 1. The van der Waals surface area contributed by atoms with Crippen LogP contribution in [0.3, 0.4) is 0 Å². The van der Waals surface area contributed by atoms with Gasteiger partial charge < -0.3 is 5.32 Å². The van der Waals surface area contributed by atoms with Gasteiger partial charge in [0.1, 0.15) is 0 Å². The Morgan fingerprint density at radius 3 is 2.60 bits per heavy atom. The molecule has 0 unspecified atom stereocenters. The monoisotopic (exact) mass is 334 g/mol. The van der Waals surface area contributed by atoms with Gasteiger partial charge in [0.2, 0.25) is 0 Å². The first kappa shape index (κ1) is 14.5. The Bertz CT molecular complexity index is 615. The Morgan fingerprint density at radius 2 is 1.95 bits per heavy atom. The predicted molar refractivity (Wildman–Crippen MR) is 84.2 cm³/mol. The summed E-state index contributed by atoms with van der Waals surface area (Å²) in [6.45, 7) is 2.46. The summed E-state index contributed by atoms with van der Waals surface area (Å²) in [5.74, 6) is 0. The molecule has 0 fully saturated rings. The molecule has 0 heterocycles. The molecule has 20 heavy (non-hydrogen) atoms. The van der Waals surface area contributed by atoms with Crippen molar-refractivity contribution in [1.29, 1.82) is 0 Å². The van der Waals surface area contributed by atoms with Crippen molar-refractivity contribution in [3.8, 4) is 0 Å². The lowest BCUT2D eigenvalue weighted by Gasteiger charge is -2.10. The number of hydrogen-bond acceptors (Lipinski definition) is 3. The fourth-order valence-electron chi connectivity index (χ4n) is 1.98. The topological polar surface area (TPSA) is 55.2 Å². The maximum absolute atomic E-state index is 10.9. The van der Waals surface area contributed by atoms with Crippen molar-refractivity contribution in [2.24, 2.45) is 0 Å². The molecule has 1 N–H and O–H groups in total. The third-order valence-electron chi connectivity index (χ3n) is 3.05. The van der Waals surface area contributed by atoms with Gasteiger partial charge in [-0.2, -0.15) is 0 Å². The molecular formula is C15H15BrN2O2. The number of nitro benzene ring substituents is 1. The lowest BCUT2D eigenvalue weighted by molar-refractivity contribution is -0.385. The highest BCUT2D eigenvalue weighted by Crippen LogP contribution is 2.30. The molecule has 0 aliphatic carbocycles. The second-order valence-electron chi connectivity index (χ2n) is 4.54. The van der Waals surface area contributed by atoms with Gasteiger partial charge in [0, 0.05) is 22.6 Å². The molecule has 0 saturated carbocycles. The Hall–Kier alpha value is -1.88. The maximum atomic E-state index is 10.9. The molecule has 104 valence electrons. The van der Waals surface area contributed by atoms with E-state index >= 15 is 0 Å². The molecule has 2 aromatic rings. The molecule has 0 aliphatic heterocycles. The first-order chi connectivity index (χ1) is 9.58. The van der Waals surface area contributed by atoms with E-state index < -0.39 is 0 Å². The lowest BCUT2D eigenvalue weighted by atomic mass is 10.1. The van der Waals surface area contributed by atoms with Crippen LogP contribution in [0.5, 0.6) is 0 Å². The highest BCUT2D eigenvalue weighted by Gasteiger charge is 2.13. The van der Waals surface area contributed by atoms with Gasteiger partial charge in [-0.25, -0.2) is 0 Å². The number of nitrogens with zero attached hydrogens (tertiary/aromatic N) is 1. The molecule has 0 saturated heterocycles. The quantitative estimate of drug-likeness (QED) is 0.654. The normalized spacial score (nSPS) is 10.3. The molecule has 2 aromatic carbocycles. The van der Waals surface area contributed by atoms with Gasteiger partial charge >= 0.3 is 0 Å². The van der Waals surface area contributed by atoms with Crippen LogP contribution < -0.4 is 5.32 Å². The van der Waals surface area contributed by atoms with E-state index in [1.807, 2.05) is 18.2 Å². The van der Waals surface area contributed by atoms with Crippen molar-refractivity contribution < 1.29 is 4.92 Å².